The Labute approximate surface area is 104 Å². The van der Waals surface area contributed by atoms with Crippen molar-refractivity contribution in [3.63, 3.8) is 0 Å². The summed E-state index contributed by atoms with van der Waals surface area (Å²) in [7, 11) is 0. The van der Waals surface area contributed by atoms with E-state index in [0.29, 0.717) is 6.61 Å². The average Bonchev–Trinajstić information content (AvgIpc) is 2.69. The summed E-state index contributed by atoms with van der Waals surface area (Å²) in [5, 5.41) is 12.6. The minimum Gasteiger partial charge on any atom is -0.465 e. The van der Waals surface area contributed by atoms with E-state index in [2.05, 4.69) is 5.16 Å². The molecule has 0 atom stereocenters. The van der Waals surface area contributed by atoms with Crippen LogP contribution in [0, 0.1) is 0 Å². The Bertz CT molecular complexity index is 587. The largest absolute Gasteiger partial charge is 0.465 e. The molecule has 1 heterocycles. The number of fused-ring (bicyclic) bond motifs is 1. The Balaban J connectivity index is 2.41. The Morgan fingerprint density at radius 1 is 1.50 bits per heavy atom. The summed E-state index contributed by atoms with van der Waals surface area (Å²) in [6.45, 7) is 2.28. The van der Waals surface area contributed by atoms with E-state index in [1.54, 1.807) is 17.7 Å². The van der Waals surface area contributed by atoms with Gasteiger partial charge in [-0.25, -0.2) is 0 Å². The highest BCUT2D eigenvalue weighted by Gasteiger charge is 2.10. The lowest BCUT2D eigenvalue weighted by atomic mass is 10.2. The molecule has 0 spiro atoms. The Morgan fingerprint density at radius 2 is 2.28 bits per heavy atom. The molecule has 2 rings (SSSR count). The average molecular weight is 246 g/mol. The molecule has 0 fully saturated rings. The highest BCUT2D eigenvalue weighted by molar-refractivity contribution is 5.99. The minimum absolute atomic E-state index is 0.146. The fourth-order valence-corrected chi connectivity index (χ4v) is 1.92. The molecule has 1 N–H and O–H groups in total. The molecule has 18 heavy (non-hydrogen) atoms. The number of hydrogen-bond donors (Lipinski definition) is 1. The number of carbonyl (C=O) groups excluding carboxylic acids is 1. The van der Waals surface area contributed by atoms with Crippen molar-refractivity contribution < 1.29 is 14.7 Å². The number of hydrogen-bond acceptors (Lipinski definition) is 4. The summed E-state index contributed by atoms with van der Waals surface area (Å²) in [4.78, 5) is 11.5. The molecule has 5 nitrogen and oxygen atoms in total. The monoisotopic (exact) mass is 246 g/mol. The van der Waals surface area contributed by atoms with Crippen LogP contribution in [0.3, 0.4) is 0 Å². The normalized spacial score (nSPS) is 11.2. The molecular formula is C13H14N2O3. The number of benzene rings is 1. The van der Waals surface area contributed by atoms with E-state index in [0.717, 1.165) is 16.5 Å². The molecule has 94 valence electrons. The zero-order chi connectivity index (χ0) is 13.0. The zero-order valence-electron chi connectivity index (χ0n) is 10.0. The Hall–Kier alpha value is -2.30. The highest BCUT2D eigenvalue weighted by Crippen LogP contribution is 2.20. The number of carbonyl (C=O) groups is 1. The molecule has 0 saturated carbocycles. The van der Waals surface area contributed by atoms with Gasteiger partial charge < -0.3 is 14.5 Å². The Kier molecular flexibility index (Phi) is 3.62. The van der Waals surface area contributed by atoms with Crippen LogP contribution in [0.2, 0.25) is 0 Å². The van der Waals surface area contributed by atoms with Crippen molar-refractivity contribution in [2.45, 2.75) is 13.5 Å². The van der Waals surface area contributed by atoms with Crippen LogP contribution in [-0.2, 0) is 16.1 Å². The molecule has 2 aromatic rings. The summed E-state index contributed by atoms with van der Waals surface area (Å²) < 4.78 is 6.70. The van der Waals surface area contributed by atoms with Crippen LogP contribution in [0.1, 0.15) is 12.5 Å². The number of ether oxygens (including phenoxy) is 1. The van der Waals surface area contributed by atoms with Gasteiger partial charge >= 0.3 is 5.97 Å². The molecule has 0 unspecified atom stereocenters. The van der Waals surface area contributed by atoms with E-state index in [-0.39, 0.29) is 12.5 Å². The fraction of sp³-hybridized carbons (Fsp3) is 0.231. The second-order valence-electron chi connectivity index (χ2n) is 3.78. The van der Waals surface area contributed by atoms with E-state index in [9.17, 15) is 4.79 Å². The number of rotatable bonds is 4. The molecule has 0 aliphatic heterocycles. The van der Waals surface area contributed by atoms with Gasteiger partial charge in [0.2, 0.25) is 0 Å². The highest BCUT2D eigenvalue weighted by atomic mass is 16.5. The topological polar surface area (TPSA) is 63.8 Å². The second-order valence-corrected chi connectivity index (χ2v) is 3.78. The van der Waals surface area contributed by atoms with E-state index < -0.39 is 0 Å². The predicted octanol–water partition coefficient (Wildman–Crippen LogP) is 2.01. The third-order valence-corrected chi connectivity index (χ3v) is 2.62. The number of para-hydroxylation sites is 1. The number of aromatic nitrogens is 1. The number of esters is 1. The van der Waals surface area contributed by atoms with E-state index >= 15 is 0 Å². The van der Waals surface area contributed by atoms with E-state index in [1.807, 2.05) is 24.3 Å². The lowest BCUT2D eigenvalue weighted by molar-refractivity contribution is -0.143. The van der Waals surface area contributed by atoms with Crippen molar-refractivity contribution in [1.29, 1.82) is 0 Å². The molecule has 0 saturated heterocycles. The van der Waals surface area contributed by atoms with E-state index in [4.69, 9.17) is 9.94 Å². The standard InChI is InChI=1S/C13H14N2O3/c1-2-18-13(16)9-15-8-10(7-14-17)11-5-3-4-6-12(11)15/h3-8,17H,2,9H2,1H3. The van der Waals surface area contributed by atoms with Gasteiger partial charge in [0, 0.05) is 22.7 Å². The first kappa shape index (κ1) is 12.2. The van der Waals surface area contributed by atoms with Crippen LogP contribution in [0.15, 0.2) is 35.6 Å². The molecule has 0 bridgehead atoms. The third kappa shape index (κ3) is 2.34. The van der Waals surface area contributed by atoms with Crippen LogP contribution in [0.25, 0.3) is 10.9 Å². The van der Waals surface area contributed by atoms with Crippen molar-refractivity contribution >= 4 is 23.1 Å². The van der Waals surface area contributed by atoms with Crippen molar-refractivity contribution in [3.05, 3.63) is 36.0 Å². The van der Waals surface area contributed by atoms with Crippen LogP contribution in [0.5, 0.6) is 0 Å². The SMILES string of the molecule is CCOC(=O)Cn1cc(C=NO)c2ccccc21. The summed E-state index contributed by atoms with van der Waals surface area (Å²) >= 11 is 0. The minimum atomic E-state index is -0.286. The fourth-order valence-electron chi connectivity index (χ4n) is 1.92. The molecule has 1 aromatic heterocycles. The van der Waals surface area contributed by atoms with Gasteiger partial charge in [0.1, 0.15) is 6.54 Å². The van der Waals surface area contributed by atoms with Gasteiger partial charge in [0.15, 0.2) is 0 Å². The first-order valence-electron chi connectivity index (χ1n) is 5.67. The molecule has 0 radical (unpaired) electrons. The van der Waals surface area contributed by atoms with Gasteiger partial charge in [-0.05, 0) is 13.0 Å². The quantitative estimate of drug-likeness (QED) is 0.388. The third-order valence-electron chi connectivity index (χ3n) is 2.62. The van der Waals surface area contributed by atoms with Crippen LogP contribution in [-0.4, -0.2) is 28.6 Å². The summed E-state index contributed by atoms with van der Waals surface area (Å²) in [5.74, 6) is -0.286. The molecule has 5 heteroatoms. The summed E-state index contributed by atoms with van der Waals surface area (Å²) in [5.41, 5.74) is 1.66. The van der Waals surface area contributed by atoms with Crippen molar-refractivity contribution in [2.75, 3.05) is 6.61 Å². The lowest BCUT2D eigenvalue weighted by Crippen LogP contribution is -2.12. The maximum Gasteiger partial charge on any atom is 0.325 e. The molecular weight excluding hydrogens is 232 g/mol. The zero-order valence-corrected chi connectivity index (χ0v) is 10.0. The lowest BCUT2D eigenvalue weighted by Gasteiger charge is -2.04. The van der Waals surface area contributed by atoms with Crippen molar-refractivity contribution in [2.24, 2.45) is 5.16 Å². The smallest absolute Gasteiger partial charge is 0.325 e. The van der Waals surface area contributed by atoms with Gasteiger partial charge in [-0.1, -0.05) is 23.4 Å². The first-order chi connectivity index (χ1) is 8.76. The van der Waals surface area contributed by atoms with Gasteiger partial charge in [-0.2, -0.15) is 0 Å². The van der Waals surface area contributed by atoms with Gasteiger partial charge in [-0.15, -0.1) is 0 Å². The maximum atomic E-state index is 11.5. The van der Waals surface area contributed by atoms with E-state index in [1.165, 1.54) is 6.21 Å². The van der Waals surface area contributed by atoms with Gasteiger partial charge in [-0.3, -0.25) is 4.79 Å². The first-order valence-corrected chi connectivity index (χ1v) is 5.67. The molecule has 0 aliphatic rings. The summed E-state index contributed by atoms with van der Waals surface area (Å²) in [6.07, 6.45) is 3.12. The van der Waals surface area contributed by atoms with Crippen molar-refractivity contribution in [3.8, 4) is 0 Å². The van der Waals surface area contributed by atoms with Crippen molar-refractivity contribution in [1.82, 2.24) is 4.57 Å². The van der Waals surface area contributed by atoms with Gasteiger partial charge in [0.05, 0.1) is 12.8 Å². The summed E-state index contributed by atoms with van der Waals surface area (Å²) in [6, 6.07) is 7.60. The van der Waals surface area contributed by atoms with Crippen LogP contribution >= 0.6 is 0 Å². The van der Waals surface area contributed by atoms with Gasteiger partial charge in [0.25, 0.3) is 0 Å². The number of oxime groups is 1. The molecule has 0 amide bonds. The van der Waals surface area contributed by atoms with Crippen LogP contribution < -0.4 is 0 Å². The predicted molar refractivity (Wildman–Crippen MR) is 68.0 cm³/mol. The molecule has 0 aliphatic carbocycles. The molecule has 1 aromatic carbocycles. The van der Waals surface area contributed by atoms with Crippen LogP contribution in [0.4, 0.5) is 0 Å². The second kappa shape index (κ2) is 5.35. The maximum absolute atomic E-state index is 11.5. The Morgan fingerprint density at radius 3 is 3.00 bits per heavy atom. The number of nitrogens with zero attached hydrogens (tertiary/aromatic N) is 2.